The van der Waals surface area contributed by atoms with Gasteiger partial charge in [0.05, 0.1) is 0 Å². The molecule has 4 nitrogen and oxygen atoms in total. The lowest BCUT2D eigenvalue weighted by Gasteiger charge is -2.36. The molecule has 0 amide bonds. The molecule has 0 spiro atoms. The highest BCUT2D eigenvalue weighted by molar-refractivity contribution is 6.74. The van der Waals surface area contributed by atoms with Crippen LogP contribution in [0, 0.1) is 0 Å². The topological polar surface area (TPSA) is 72.5 Å². The summed E-state index contributed by atoms with van der Waals surface area (Å²) in [4.78, 5) is 10.8. The van der Waals surface area contributed by atoms with Crippen molar-refractivity contribution in [2.75, 3.05) is 0 Å². The second-order valence-corrected chi connectivity index (χ2v) is 11.4. The van der Waals surface area contributed by atoms with Crippen LogP contribution in [0.4, 0.5) is 0 Å². The molecule has 0 aliphatic heterocycles. The largest absolute Gasteiger partial charge is 0.543 e. The van der Waals surface area contributed by atoms with E-state index in [1.165, 1.54) is 0 Å². The predicted octanol–water partition coefficient (Wildman–Crippen LogP) is 3.02. The highest BCUT2D eigenvalue weighted by Gasteiger charge is 2.38. The Bertz CT molecular complexity index is 480. The van der Waals surface area contributed by atoms with Gasteiger partial charge in [0.2, 0.25) is 8.32 Å². The van der Waals surface area contributed by atoms with Crippen molar-refractivity contribution >= 4 is 14.3 Å². The molecule has 1 rings (SSSR count). The minimum atomic E-state index is -1.88. The van der Waals surface area contributed by atoms with E-state index in [0.29, 0.717) is 6.42 Å². The minimum absolute atomic E-state index is 0.125. The normalized spacial score (nSPS) is 13.9. The summed E-state index contributed by atoms with van der Waals surface area (Å²) in [5.41, 5.74) is 6.45. The number of aliphatic carboxylic acids is 1. The average molecular weight is 295 g/mol. The summed E-state index contributed by atoms with van der Waals surface area (Å²) >= 11 is 0. The van der Waals surface area contributed by atoms with Crippen LogP contribution < -0.4 is 10.2 Å². The van der Waals surface area contributed by atoms with Gasteiger partial charge in [-0.3, -0.25) is 4.79 Å². The Morgan fingerprint density at radius 3 is 2.50 bits per heavy atom. The maximum absolute atomic E-state index is 10.8. The van der Waals surface area contributed by atoms with Crippen LogP contribution in [0.2, 0.25) is 18.1 Å². The van der Waals surface area contributed by atoms with E-state index in [4.69, 9.17) is 15.3 Å². The van der Waals surface area contributed by atoms with E-state index < -0.39 is 20.3 Å². The standard InChI is InChI=1S/C15H25NO3Si/c1-15(2,3)20(4,5)19-12-8-6-7-11(9-12)10-13(16)14(17)18/h6-9,13H,10,16H2,1-5H3,(H,17,18)/t13-/m0/s1. The van der Waals surface area contributed by atoms with E-state index >= 15 is 0 Å². The maximum atomic E-state index is 10.8. The second kappa shape index (κ2) is 5.97. The van der Waals surface area contributed by atoms with Crippen molar-refractivity contribution in [2.24, 2.45) is 5.73 Å². The quantitative estimate of drug-likeness (QED) is 0.819. The first kappa shape index (κ1) is 16.7. The predicted molar refractivity (Wildman–Crippen MR) is 83.6 cm³/mol. The Morgan fingerprint density at radius 1 is 1.40 bits per heavy atom. The molecule has 0 aromatic heterocycles. The third kappa shape index (κ3) is 4.35. The van der Waals surface area contributed by atoms with E-state index in [2.05, 4.69) is 33.9 Å². The zero-order valence-corrected chi connectivity index (χ0v) is 13.9. The molecule has 3 N–H and O–H groups in total. The van der Waals surface area contributed by atoms with Gasteiger partial charge in [-0.25, -0.2) is 0 Å². The first-order valence-electron chi connectivity index (χ1n) is 6.79. The molecule has 0 unspecified atom stereocenters. The van der Waals surface area contributed by atoms with Crippen molar-refractivity contribution in [2.45, 2.75) is 51.4 Å². The molecule has 20 heavy (non-hydrogen) atoms. The Kier molecular flexibility index (Phi) is 4.99. The second-order valence-electron chi connectivity index (χ2n) is 6.66. The Balaban J connectivity index is 2.86. The fraction of sp³-hybridized carbons (Fsp3) is 0.533. The van der Waals surface area contributed by atoms with Crippen molar-refractivity contribution in [1.82, 2.24) is 0 Å². The van der Waals surface area contributed by atoms with Gasteiger partial charge in [0.15, 0.2) is 0 Å². The molecule has 1 aromatic carbocycles. The molecule has 0 saturated carbocycles. The lowest BCUT2D eigenvalue weighted by atomic mass is 10.1. The van der Waals surface area contributed by atoms with Crippen LogP contribution in [0.3, 0.4) is 0 Å². The molecule has 0 radical (unpaired) electrons. The van der Waals surface area contributed by atoms with Crippen LogP contribution in [0.15, 0.2) is 24.3 Å². The smallest absolute Gasteiger partial charge is 0.320 e. The number of rotatable bonds is 5. The number of benzene rings is 1. The van der Waals surface area contributed by atoms with Crippen LogP contribution in [0.5, 0.6) is 5.75 Å². The highest BCUT2D eigenvalue weighted by atomic mass is 28.4. The van der Waals surface area contributed by atoms with Crippen LogP contribution in [0.25, 0.3) is 0 Å². The molecule has 5 heteroatoms. The molecule has 1 atom stereocenters. The van der Waals surface area contributed by atoms with Gasteiger partial charge in [-0.05, 0) is 42.2 Å². The molecule has 112 valence electrons. The van der Waals surface area contributed by atoms with Crippen molar-refractivity contribution < 1.29 is 14.3 Å². The average Bonchev–Trinajstić information content (AvgIpc) is 2.26. The summed E-state index contributed by atoms with van der Waals surface area (Å²) in [5, 5.41) is 8.98. The minimum Gasteiger partial charge on any atom is -0.543 e. The fourth-order valence-electron chi connectivity index (χ4n) is 1.52. The zero-order chi connectivity index (χ0) is 15.6. The van der Waals surface area contributed by atoms with Crippen LogP contribution in [-0.4, -0.2) is 25.4 Å². The van der Waals surface area contributed by atoms with Crippen molar-refractivity contribution in [1.29, 1.82) is 0 Å². The summed E-state index contributed by atoms with van der Waals surface area (Å²) in [6.45, 7) is 10.9. The number of carboxylic acids is 1. The molecule has 0 aliphatic carbocycles. The summed E-state index contributed by atoms with van der Waals surface area (Å²) in [5.74, 6) is -0.188. The van der Waals surface area contributed by atoms with Crippen LogP contribution >= 0.6 is 0 Å². The first-order valence-corrected chi connectivity index (χ1v) is 9.70. The molecule has 0 saturated heterocycles. The van der Waals surface area contributed by atoms with Gasteiger partial charge in [-0.1, -0.05) is 32.9 Å². The van der Waals surface area contributed by atoms with Crippen LogP contribution in [0.1, 0.15) is 26.3 Å². The van der Waals surface area contributed by atoms with E-state index in [-0.39, 0.29) is 5.04 Å². The SMILES string of the molecule is CC(C)(C)[Si](C)(C)Oc1cccc(C[C@H](N)C(=O)O)c1. The Hall–Kier alpha value is -1.33. The number of carboxylic acid groups (broad SMARTS) is 1. The summed E-state index contributed by atoms with van der Waals surface area (Å²) in [6, 6.07) is 6.69. The monoisotopic (exact) mass is 295 g/mol. The van der Waals surface area contributed by atoms with Gasteiger partial charge in [-0.2, -0.15) is 0 Å². The highest BCUT2D eigenvalue weighted by Crippen LogP contribution is 2.37. The molecule has 1 aromatic rings. The lowest BCUT2D eigenvalue weighted by molar-refractivity contribution is -0.138. The number of nitrogens with two attached hydrogens (primary N) is 1. The third-order valence-electron chi connectivity index (χ3n) is 3.85. The Morgan fingerprint density at radius 2 is 2.00 bits per heavy atom. The van der Waals surface area contributed by atoms with Gasteiger partial charge in [0, 0.05) is 0 Å². The van der Waals surface area contributed by atoms with Gasteiger partial charge in [0.1, 0.15) is 11.8 Å². The molecule has 0 fully saturated rings. The van der Waals surface area contributed by atoms with Gasteiger partial charge in [-0.15, -0.1) is 0 Å². The number of hydrogen-bond donors (Lipinski definition) is 2. The van der Waals surface area contributed by atoms with Gasteiger partial charge >= 0.3 is 5.97 Å². The van der Waals surface area contributed by atoms with E-state index in [0.717, 1.165) is 11.3 Å². The Labute approximate surface area is 122 Å². The first-order chi connectivity index (χ1) is 9.03. The van der Waals surface area contributed by atoms with E-state index in [1.807, 2.05) is 24.3 Å². The summed E-state index contributed by atoms with van der Waals surface area (Å²) in [7, 11) is -1.88. The fourth-order valence-corrected chi connectivity index (χ4v) is 2.55. The molecular formula is C15H25NO3Si. The molecular weight excluding hydrogens is 270 g/mol. The number of carbonyl (C=O) groups is 1. The van der Waals surface area contributed by atoms with Gasteiger partial charge in [0.25, 0.3) is 0 Å². The van der Waals surface area contributed by atoms with Crippen molar-refractivity contribution in [3.63, 3.8) is 0 Å². The van der Waals surface area contributed by atoms with Crippen molar-refractivity contribution in [3.8, 4) is 5.75 Å². The summed E-state index contributed by atoms with van der Waals surface area (Å²) in [6.07, 6.45) is 0.310. The molecule has 0 aliphatic rings. The zero-order valence-electron chi connectivity index (χ0n) is 12.9. The van der Waals surface area contributed by atoms with E-state index in [9.17, 15) is 4.79 Å². The van der Waals surface area contributed by atoms with Crippen LogP contribution in [-0.2, 0) is 11.2 Å². The van der Waals surface area contributed by atoms with E-state index in [1.54, 1.807) is 0 Å². The molecule has 0 heterocycles. The summed E-state index contributed by atoms with van der Waals surface area (Å²) < 4.78 is 6.20. The molecule has 0 bridgehead atoms. The third-order valence-corrected chi connectivity index (χ3v) is 8.21. The number of hydrogen-bond acceptors (Lipinski definition) is 3. The maximum Gasteiger partial charge on any atom is 0.320 e. The lowest BCUT2D eigenvalue weighted by Crippen LogP contribution is -2.43. The van der Waals surface area contributed by atoms with Crippen molar-refractivity contribution in [3.05, 3.63) is 29.8 Å². The van der Waals surface area contributed by atoms with Gasteiger partial charge < -0.3 is 15.3 Å².